The van der Waals surface area contributed by atoms with Crippen molar-refractivity contribution < 1.29 is 4.74 Å². The normalized spacial score (nSPS) is 15.9. The maximum Gasteiger partial charge on any atom is 0.216 e. The molecule has 1 fully saturated rings. The van der Waals surface area contributed by atoms with Gasteiger partial charge in [-0.3, -0.25) is 0 Å². The van der Waals surface area contributed by atoms with Crippen LogP contribution in [0.3, 0.4) is 0 Å². The van der Waals surface area contributed by atoms with Crippen LogP contribution in [0.5, 0.6) is 5.88 Å². The van der Waals surface area contributed by atoms with Gasteiger partial charge in [-0.1, -0.05) is 19.9 Å². The van der Waals surface area contributed by atoms with E-state index in [0.29, 0.717) is 5.92 Å². The second-order valence-corrected chi connectivity index (χ2v) is 4.31. The lowest BCUT2D eigenvalue weighted by atomic mass is 10.1. The molecule has 0 N–H and O–H groups in total. The van der Waals surface area contributed by atoms with E-state index in [9.17, 15) is 0 Å². The first kappa shape index (κ1) is 9.50. The first-order chi connectivity index (χ1) is 6.77. The van der Waals surface area contributed by atoms with E-state index in [1.54, 1.807) is 6.20 Å². The number of rotatable bonds is 4. The van der Waals surface area contributed by atoms with E-state index >= 15 is 0 Å². The van der Waals surface area contributed by atoms with E-state index in [1.165, 1.54) is 18.4 Å². The molecule has 0 radical (unpaired) electrons. The molecule has 0 bridgehead atoms. The molecule has 0 spiro atoms. The number of ether oxygens (including phenoxy) is 1. The van der Waals surface area contributed by atoms with Gasteiger partial charge in [0.2, 0.25) is 5.88 Å². The number of hydrogen-bond donors (Lipinski definition) is 0. The summed E-state index contributed by atoms with van der Waals surface area (Å²) in [7, 11) is 0. The molecule has 2 rings (SSSR count). The largest absolute Gasteiger partial charge is 0.477 e. The van der Waals surface area contributed by atoms with E-state index in [-0.39, 0.29) is 0 Å². The van der Waals surface area contributed by atoms with Crippen LogP contribution in [0.25, 0.3) is 0 Å². The quantitative estimate of drug-likeness (QED) is 0.730. The minimum absolute atomic E-state index is 0.484. The van der Waals surface area contributed by atoms with Gasteiger partial charge in [-0.05, 0) is 30.7 Å². The van der Waals surface area contributed by atoms with Crippen LogP contribution in [-0.4, -0.2) is 11.6 Å². The third-order valence-corrected chi connectivity index (χ3v) is 2.58. The van der Waals surface area contributed by atoms with E-state index in [2.05, 4.69) is 24.9 Å². The van der Waals surface area contributed by atoms with Crippen LogP contribution in [0.15, 0.2) is 18.3 Å². The van der Waals surface area contributed by atoms with Gasteiger partial charge in [-0.25, -0.2) is 4.98 Å². The standard InChI is InChI=1S/C12H17NO/c1-9(2)11-4-3-7-13-12(11)14-8-10-5-6-10/h3-4,7,9-10H,5-6,8H2,1-2H3. The molecule has 1 aliphatic rings. The fourth-order valence-corrected chi connectivity index (χ4v) is 1.44. The molecule has 0 unspecified atom stereocenters. The van der Waals surface area contributed by atoms with Crippen molar-refractivity contribution in [1.29, 1.82) is 0 Å². The minimum atomic E-state index is 0.484. The highest BCUT2D eigenvalue weighted by atomic mass is 16.5. The Hall–Kier alpha value is -1.05. The van der Waals surface area contributed by atoms with Crippen molar-refractivity contribution >= 4 is 0 Å². The van der Waals surface area contributed by atoms with Gasteiger partial charge in [0.05, 0.1) is 6.61 Å². The second-order valence-electron chi connectivity index (χ2n) is 4.31. The molecule has 2 nitrogen and oxygen atoms in total. The Kier molecular flexibility index (Phi) is 2.71. The maximum atomic E-state index is 5.71. The molecule has 1 aromatic heterocycles. The third-order valence-electron chi connectivity index (χ3n) is 2.58. The maximum absolute atomic E-state index is 5.71. The van der Waals surface area contributed by atoms with Crippen molar-refractivity contribution in [2.75, 3.05) is 6.61 Å². The molecule has 1 aliphatic carbocycles. The topological polar surface area (TPSA) is 22.1 Å². The highest BCUT2D eigenvalue weighted by Crippen LogP contribution is 2.30. The Morgan fingerprint density at radius 2 is 2.29 bits per heavy atom. The van der Waals surface area contributed by atoms with E-state index in [0.717, 1.165) is 18.4 Å². The SMILES string of the molecule is CC(C)c1cccnc1OCC1CC1. The van der Waals surface area contributed by atoms with Crippen LogP contribution in [0.4, 0.5) is 0 Å². The number of aromatic nitrogens is 1. The second kappa shape index (κ2) is 3.99. The molecule has 2 heteroatoms. The summed E-state index contributed by atoms with van der Waals surface area (Å²) in [6.45, 7) is 5.18. The molecule has 1 saturated carbocycles. The van der Waals surface area contributed by atoms with Gasteiger partial charge in [0.25, 0.3) is 0 Å². The van der Waals surface area contributed by atoms with Gasteiger partial charge < -0.3 is 4.74 Å². The molecular formula is C12H17NO. The lowest BCUT2D eigenvalue weighted by Gasteiger charge is -2.11. The van der Waals surface area contributed by atoms with Crippen molar-refractivity contribution in [2.24, 2.45) is 5.92 Å². The van der Waals surface area contributed by atoms with Gasteiger partial charge in [0, 0.05) is 11.8 Å². The van der Waals surface area contributed by atoms with Crippen LogP contribution >= 0.6 is 0 Å². The molecule has 1 heterocycles. The van der Waals surface area contributed by atoms with Crippen LogP contribution in [0.1, 0.15) is 38.2 Å². The molecule has 1 aromatic rings. The van der Waals surface area contributed by atoms with Crippen molar-refractivity contribution in [3.63, 3.8) is 0 Å². The fraction of sp³-hybridized carbons (Fsp3) is 0.583. The Morgan fingerprint density at radius 3 is 2.93 bits per heavy atom. The molecule has 0 aromatic carbocycles. The zero-order valence-electron chi connectivity index (χ0n) is 8.86. The smallest absolute Gasteiger partial charge is 0.216 e. The predicted molar refractivity (Wildman–Crippen MR) is 56.5 cm³/mol. The van der Waals surface area contributed by atoms with Crippen molar-refractivity contribution in [3.05, 3.63) is 23.9 Å². The Morgan fingerprint density at radius 1 is 1.50 bits per heavy atom. The molecule has 0 saturated heterocycles. The van der Waals surface area contributed by atoms with Gasteiger partial charge in [-0.2, -0.15) is 0 Å². The minimum Gasteiger partial charge on any atom is -0.477 e. The number of pyridine rings is 1. The average molecular weight is 191 g/mol. The Bertz CT molecular complexity index is 305. The van der Waals surface area contributed by atoms with Crippen molar-refractivity contribution in [3.8, 4) is 5.88 Å². The highest BCUT2D eigenvalue weighted by molar-refractivity contribution is 5.28. The van der Waals surface area contributed by atoms with Gasteiger partial charge in [-0.15, -0.1) is 0 Å². The molecule has 0 atom stereocenters. The number of hydrogen-bond acceptors (Lipinski definition) is 2. The van der Waals surface area contributed by atoms with Crippen LogP contribution in [0, 0.1) is 5.92 Å². The molecule has 76 valence electrons. The van der Waals surface area contributed by atoms with E-state index in [4.69, 9.17) is 4.74 Å². The molecular weight excluding hydrogens is 174 g/mol. The fourth-order valence-electron chi connectivity index (χ4n) is 1.44. The lowest BCUT2D eigenvalue weighted by molar-refractivity contribution is 0.284. The monoisotopic (exact) mass is 191 g/mol. The zero-order chi connectivity index (χ0) is 9.97. The van der Waals surface area contributed by atoms with Crippen LogP contribution < -0.4 is 4.74 Å². The average Bonchev–Trinajstić information content (AvgIpc) is 2.98. The predicted octanol–water partition coefficient (Wildman–Crippen LogP) is 2.99. The summed E-state index contributed by atoms with van der Waals surface area (Å²) >= 11 is 0. The van der Waals surface area contributed by atoms with Crippen molar-refractivity contribution in [1.82, 2.24) is 4.98 Å². The summed E-state index contributed by atoms with van der Waals surface area (Å²) in [5.41, 5.74) is 1.22. The third kappa shape index (κ3) is 2.25. The summed E-state index contributed by atoms with van der Waals surface area (Å²) < 4.78 is 5.71. The first-order valence-electron chi connectivity index (χ1n) is 5.35. The summed E-state index contributed by atoms with van der Waals surface area (Å²) in [5.74, 6) is 2.10. The van der Waals surface area contributed by atoms with Gasteiger partial charge >= 0.3 is 0 Å². The van der Waals surface area contributed by atoms with Crippen molar-refractivity contribution in [2.45, 2.75) is 32.6 Å². The van der Waals surface area contributed by atoms with Crippen LogP contribution in [0.2, 0.25) is 0 Å². The van der Waals surface area contributed by atoms with E-state index in [1.807, 2.05) is 6.07 Å². The Labute approximate surface area is 85.3 Å². The number of nitrogens with zero attached hydrogens (tertiary/aromatic N) is 1. The summed E-state index contributed by atoms with van der Waals surface area (Å²) in [6, 6.07) is 4.07. The summed E-state index contributed by atoms with van der Waals surface area (Å²) in [6.07, 6.45) is 4.45. The summed E-state index contributed by atoms with van der Waals surface area (Å²) in [5, 5.41) is 0. The van der Waals surface area contributed by atoms with Gasteiger partial charge in [0.1, 0.15) is 0 Å². The first-order valence-corrected chi connectivity index (χ1v) is 5.35. The molecule has 14 heavy (non-hydrogen) atoms. The van der Waals surface area contributed by atoms with Gasteiger partial charge in [0.15, 0.2) is 0 Å². The zero-order valence-corrected chi connectivity index (χ0v) is 8.86. The lowest BCUT2D eigenvalue weighted by Crippen LogP contribution is -2.04. The Balaban J connectivity index is 2.05. The molecule has 0 amide bonds. The van der Waals surface area contributed by atoms with E-state index < -0.39 is 0 Å². The van der Waals surface area contributed by atoms with Crippen LogP contribution in [-0.2, 0) is 0 Å². The summed E-state index contributed by atoms with van der Waals surface area (Å²) in [4.78, 5) is 4.28. The highest BCUT2D eigenvalue weighted by Gasteiger charge is 2.22. The molecule has 0 aliphatic heterocycles.